The second kappa shape index (κ2) is 6.89. The first-order chi connectivity index (χ1) is 3.80. The van der Waals surface area contributed by atoms with Gasteiger partial charge in [0.25, 0.3) is 0 Å². The molecule has 0 aliphatic rings. The number of halogens is 2. The summed E-state index contributed by atoms with van der Waals surface area (Å²) in [6, 6.07) is 8.26. The van der Waals surface area contributed by atoms with Gasteiger partial charge in [-0.05, 0) is 6.92 Å². The molecule has 0 saturated heterocycles. The van der Waals surface area contributed by atoms with Crippen molar-refractivity contribution in [3.63, 3.8) is 0 Å². The molecule has 10 heavy (non-hydrogen) atoms. The molecule has 0 fully saturated rings. The highest BCUT2D eigenvalue weighted by Gasteiger charge is 1.82. The summed E-state index contributed by atoms with van der Waals surface area (Å²) in [6.45, 7) is 2.10. The van der Waals surface area contributed by atoms with Crippen LogP contribution in [0, 0.1) is 6.92 Å². The number of aryl methyl sites for hydroxylation is 1. The van der Waals surface area contributed by atoms with Crippen LogP contribution in [0.5, 0.6) is 0 Å². The molecule has 0 amide bonds. The average Bonchev–Trinajstić information content (AvgIpc) is 1.77. The van der Waals surface area contributed by atoms with Gasteiger partial charge in [-0.1, -0.05) is 29.8 Å². The highest BCUT2D eigenvalue weighted by molar-refractivity contribution is 14.0. The maximum Gasteiger partial charge on any atom is 0.175 e. The zero-order valence-electron chi connectivity index (χ0n) is 5.70. The van der Waals surface area contributed by atoms with Gasteiger partial charge in [-0.3, -0.25) is 0 Å². The molecule has 1 rings (SSSR count). The van der Waals surface area contributed by atoms with Crippen molar-refractivity contribution >= 4 is 68.7 Å². The van der Waals surface area contributed by atoms with Gasteiger partial charge in [0.2, 0.25) is 0 Å². The normalized spacial score (nSPS) is 7.30. The van der Waals surface area contributed by atoms with Crippen LogP contribution < -0.4 is 4.43 Å². The molecule has 0 atom stereocenters. The fourth-order valence-electron chi connectivity index (χ4n) is 0.587. The van der Waals surface area contributed by atoms with Crippen molar-refractivity contribution in [1.82, 2.24) is 0 Å². The van der Waals surface area contributed by atoms with E-state index in [0.29, 0.717) is 0 Å². The van der Waals surface area contributed by atoms with Crippen LogP contribution in [0.15, 0.2) is 24.3 Å². The maximum absolute atomic E-state index is 2.69. The van der Waals surface area contributed by atoms with E-state index in [1.54, 1.807) is 0 Å². The fourth-order valence-corrected chi connectivity index (χ4v) is 0.794. The van der Waals surface area contributed by atoms with Crippen LogP contribution in [-0.4, -0.2) is 16.3 Å². The monoisotopic (exact) mass is 374 g/mol. The van der Waals surface area contributed by atoms with Crippen molar-refractivity contribution < 1.29 is 0 Å². The van der Waals surface area contributed by atoms with Crippen molar-refractivity contribution in [1.29, 1.82) is 0 Å². The molecule has 0 saturated carbocycles. The molecule has 0 bridgehead atoms. The van der Waals surface area contributed by atoms with Crippen LogP contribution in [0.1, 0.15) is 5.56 Å². The van der Waals surface area contributed by atoms with E-state index in [4.69, 9.17) is 0 Å². The predicted molar refractivity (Wildman–Crippen MR) is 67.4 cm³/mol. The molecule has 0 nitrogen and oxygen atoms in total. The smallest absolute Gasteiger partial charge is 0.136 e. The highest BCUT2D eigenvalue weighted by Crippen LogP contribution is 1.88. The van der Waals surface area contributed by atoms with Gasteiger partial charge in [-0.25, -0.2) is 0 Å². The lowest BCUT2D eigenvalue weighted by molar-refractivity contribution is 1.52. The van der Waals surface area contributed by atoms with E-state index >= 15 is 0 Å². The number of benzene rings is 1. The summed E-state index contributed by atoms with van der Waals surface area (Å²) in [5, 5.41) is 0. The Morgan fingerprint density at radius 2 is 1.60 bits per heavy atom. The second-order valence-electron chi connectivity index (χ2n) is 1.86. The Balaban J connectivity index is 0. The van der Waals surface area contributed by atoms with E-state index in [-0.39, 0.29) is 48.0 Å². The summed E-state index contributed by atoms with van der Waals surface area (Å²) >= 11 is 2.69. The summed E-state index contributed by atoms with van der Waals surface area (Å²) < 4.78 is 1.28. The highest BCUT2D eigenvalue weighted by atomic mass is 127. The molecular weight excluding hydrogens is 365 g/mol. The predicted octanol–water partition coefficient (Wildman–Crippen LogP) is 2.02. The molecule has 0 aliphatic heterocycles. The SMILES string of the molecule is Cc1cccc[c]1[Al].I.I. The molecule has 2 radical (unpaired) electrons. The van der Waals surface area contributed by atoms with Crippen molar-refractivity contribution in [3.8, 4) is 0 Å². The summed E-state index contributed by atoms with van der Waals surface area (Å²) in [7, 11) is 0. The topological polar surface area (TPSA) is 0 Å². The molecule has 3 heteroatoms. The molecule has 0 N–H and O–H groups in total. The number of hydrogen-bond acceptors (Lipinski definition) is 0. The summed E-state index contributed by atoms with van der Waals surface area (Å²) in [5.41, 5.74) is 1.33. The molecule has 0 unspecified atom stereocenters. The van der Waals surface area contributed by atoms with Crippen LogP contribution in [-0.2, 0) is 0 Å². The summed E-state index contributed by atoms with van der Waals surface area (Å²) in [5.74, 6) is 0. The summed E-state index contributed by atoms with van der Waals surface area (Å²) in [4.78, 5) is 0. The van der Waals surface area contributed by atoms with E-state index < -0.39 is 0 Å². The number of hydrogen-bond donors (Lipinski definition) is 0. The van der Waals surface area contributed by atoms with Crippen LogP contribution in [0.25, 0.3) is 0 Å². The van der Waals surface area contributed by atoms with Crippen LogP contribution in [0.2, 0.25) is 0 Å². The second-order valence-corrected chi connectivity index (χ2v) is 2.48. The third kappa shape index (κ3) is 4.17. The minimum atomic E-state index is 0. The van der Waals surface area contributed by atoms with Crippen molar-refractivity contribution in [2.45, 2.75) is 6.92 Å². The van der Waals surface area contributed by atoms with Gasteiger partial charge in [-0.15, -0.1) is 52.4 Å². The molecule has 0 aliphatic carbocycles. The Morgan fingerprint density at radius 1 is 1.10 bits per heavy atom. The lowest BCUT2D eigenvalue weighted by Crippen LogP contribution is -2.04. The Labute approximate surface area is 104 Å². The van der Waals surface area contributed by atoms with Gasteiger partial charge in [-0.2, -0.15) is 0 Å². The largest absolute Gasteiger partial charge is 0.175 e. The first-order valence-electron chi connectivity index (χ1n) is 2.62. The summed E-state index contributed by atoms with van der Waals surface area (Å²) in [6.07, 6.45) is 0. The minimum absolute atomic E-state index is 0. The van der Waals surface area contributed by atoms with Crippen LogP contribution in [0.4, 0.5) is 0 Å². The fraction of sp³-hybridized carbons (Fsp3) is 0.143. The van der Waals surface area contributed by atoms with Crippen LogP contribution >= 0.6 is 48.0 Å². The average molecular weight is 374 g/mol. The number of rotatable bonds is 0. The molecule has 54 valence electrons. The Morgan fingerprint density at radius 3 is 1.90 bits per heavy atom. The van der Waals surface area contributed by atoms with Gasteiger partial charge in [0.15, 0.2) is 16.3 Å². The van der Waals surface area contributed by atoms with Gasteiger partial charge >= 0.3 is 0 Å². The van der Waals surface area contributed by atoms with Gasteiger partial charge in [0.05, 0.1) is 0 Å². The van der Waals surface area contributed by atoms with Crippen molar-refractivity contribution in [2.75, 3.05) is 0 Å². The lowest BCUT2D eigenvalue weighted by atomic mass is 10.2. The van der Waals surface area contributed by atoms with E-state index in [9.17, 15) is 0 Å². The maximum atomic E-state index is 2.69. The molecule has 1 aromatic carbocycles. The van der Waals surface area contributed by atoms with Gasteiger partial charge < -0.3 is 0 Å². The first-order valence-corrected chi connectivity index (χ1v) is 3.19. The van der Waals surface area contributed by atoms with Crippen molar-refractivity contribution in [2.24, 2.45) is 0 Å². The van der Waals surface area contributed by atoms with Crippen molar-refractivity contribution in [3.05, 3.63) is 29.8 Å². The molecule has 0 aromatic heterocycles. The zero-order valence-corrected chi connectivity index (χ0v) is 11.5. The minimum Gasteiger partial charge on any atom is -0.136 e. The van der Waals surface area contributed by atoms with E-state index in [2.05, 4.69) is 35.3 Å². The Bertz CT molecular complexity index is 168. The molecular formula is C7H9AlI2. The molecule has 0 spiro atoms. The van der Waals surface area contributed by atoms with E-state index in [1.807, 2.05) is 12.1 Å². The van der Waals surface area contributed by atoms with Gasteiger partial charge in [0, 0.05) is 0 Å². The van der Waals surface area contributed by atoms with E-state index in [1.165, 1.54) is 9.99 Å². The first kappa shape index (κ1) is 13.8. The molecule has 1 aromatic rings. The standard InChI is InChI=1S/C7H7.Al.2HI/c1-7-5-3-2-4-6-7;;;/h2-5H,1H3;;2*1H. The quantitative estimate of drug-likeness (QED) is 0.482. The Hall–Kier alpha value is 1.21. The third-order valence-electron chi connectivity index (χ3n) is 1.19. The molecule has 0 heterocycles. The third-order valence-corrected chi connectivity index (χ3v) is 1.84. The van der Waals surface area contributed by atoms with Gasteiger partial charge in [0.1, 0.15) is 0 Å². The lowest BCUT2D eigenvalue weighted by Gasteiger charge is -1.95. The van der Waals surface area contributed by atoms with E-state index in [0.717, 1.165) is 0 Å². The zero-order chi connectivity index (χ0) is 5.98. The Kier molecular flexibility index (Phi) is 9.50. The van der Waals surface area contributed by atoms with Crippen LogP contribution in [0.3, 0.4) is 0 Å².